The molecule has 0 fully saturated rings. The summed E-state index contributed by atoms with van der Waals surface area (Å²) >= 11 is 5.44. The van der Waals surface area contributed by atoms with Gasteiger partial charge in [-0.05, 0) is 48.2 Å². The van der Waals surface area contributed by atoms with Gasteiger partial charge in [-0.2, -0.15) is 0 Å². The normalized spacial score (nSPS) is 11.1. The predicted octanol–water partition coefficient (Wildman–Crippen LogP) is 4.46. The Hall–Kier alpha value is -3.96. The molecule has 0 radical (unpaired) electrons. The lowest BCUT2D eigenvalue weighted by atomic mass is 9.98. The van der Waals surface area contributed by atoms with Gasteiger partial charge >= 0.3 is 5.76 Å². The summed E-state index contributed by atoms with van der Waals surface area (Å²) in [7, 11) is 3.22. The summed E-state index contributed by atoms with van der Waals surface area (Å²) in [6.07, 6.45) is 2.80. The summed E-state index contributed by atoms with van der Waals surface area (Å²) in [6, 6.07) is 11.7. The predicted molar refractivity (Wildman–Crippen MR) is 150 cm³/mol. The van der Waals surface area contributed by atoms with E-state index in [1.54, 1.807) is 11.6 Å². The molecular formula is C28H30FN5O4S. The molecule has 0 aliphatic carbocycles. The van der Waals surface area contributed by atoms with E-state index >= 15 is 0 Å². The van der Waals surface area contributed by atoms with Crippen LogP contribution in [0.3, 0.4) is 0 Å². The Balaban J connectivity index is 1.69. The van der Waals surface area contributed by atoms with Crippen molar-refractivity contribution in [1.29, 1.82) is 0 Å². The fraction of sp³-hybridized carbons (Fsp3) is 0.321. The molecule has 2 aromatic heterocycles. The number of rotatable bonds is 10. The lowest BCUT2D eigenvalue weighted by Gasteiger charge is -2.19. The van der Waals surface area contributed by atoms with E-state index in [9.17, 15) is 14.0 Å². The number of H-pyrrole nitrogens is 1. The smallest absolute Gasteiger partial charge is 0.296 e. The average Bonchev–Trinajstić information content (AvgIpc) is 3.37. The van der Waals surface area contributed by atoms with Crippen molar-refractivity contribution in [2.45, 2.75) is 46.1 Å². The number of likely N-dealkylation sites (N-methyl/N-ethyl adjacent to an activating group) is 1. The molecule has 4 aromatic rings. The molecule has 4 rings (SSSR count). The zero-order valence-corrected chi connectivity index (χ0v) is 23.1. The van der Waals surface area contributed by atoms with E-state index in [0.717, 1.165) is 24.2 Å². The van der Waals surface area contributed by atoms with Gasteiger partial charge in [-0.15, -0.1) is 0 Å². The van der Waals surface area contributed by atoms with E-state index in [1.165, 1.54) is 30.4 Å². The van der Waals surface area contributed by atoms with Crippen LogP contribution in [0.4, 0.5) is 4.39 Å². The Morgan fingerprint density at radius 1 is 1.18 bits per heavy atom. The quantitative estimate of drug-likeness (QED) is 0.228. The molecular weight excluding hydrogens is 521 g/mol. The Kier molecular flexibility index (Phi) is 8.82. The SMILES string of the molecule is CCCCc1nc(C)c(CC(=S)N(C)OC)c(=O)n1Cc1ccc(-c2cc(F)ccc2-c2noc(=O)[nH]2)cc1. The molecule has 0 aliphatic heterocycles. The Morgan fingerprint density at radius 3 is 2.56 bits per heavy atom. The fourth-order valence-corrected chi connectivity index (χ4v) is 4.51. The summed E-state index contributed by atoms with van der Waals surface area (Å²) in [5.74, 6) is -0.186. The van der Waals surface area contributed by atoms with Crippen LogP contribution < -0.4 is 11.3 Å². The molecule has 0 atom stereocenters. The number of hydrogen-bond donors (Lipinski definition) is 1. The highest BCUT2D eigenvalue weighted by atomic mass is 32.1. The van der Waals surface area contributed by atoms with Crippen LogP contribution in [0, 0.1) is 12.7 Å². The second-order valence-electron chi connectivity index (χ2n) is 9.17. The molecule has 0 saturated carbocycles. The molecule has 0 aliphatic rings. The van der Waals surface area contributed by atoms with Gasteiger partial charge in [0.05, 0.1) is 13.7 Å². The molecule has 0 spiro atoms. The molecule has 0 unspecified atom stereocenters. The van der Waals surface area contributed by atoms with Crippen LogP contribution in [0.5, 0.6) is 0 Å². The molecule has 0 saturated heterocycles. The largest absolute Gasteiger partial charge is 0.439 e. The van der Waals surface area contributed by atoms with Crippen molar-refractivity contribution in [3.63, 3.8) is 0 Å². The maximum atomic E-state index is 14.2. The number of hydrogen-bond acceptors (Lipinski definition) is 7. The molecule has 2 heterocycles. The molecule has 11 heteroatoms. The number of hydroxylamine groups is 2. The van der Waals surface area contributed by atoms with Crippen LogP contribution in [-0.4, -0.2) is 43.9 Å². The van der Waals surface area contributed by atoms with Crippen LogP contribution in [0.15, 0.2) is 56.6 Å². The molecule has 204 valence electrons. The van der Waals surface area contributed by atoms with Crippen LogP contribution in [0.2, 0.25) is 0 Å². The fourth-order valence-electron chi connectivity index (χ4n) is 4.29. The third kappa shape index (κ3) is 6.37. The summed E-state index contributed by atoms with van der Waals surface area (Å²) in [4.78, 5) is 38.1. The van der Waals surface area contributed by atoms with Gasteiger partial charge in [-0.3, -0.25) is 28.8 Å². The van der Waals surface area contributed by atoms with E-state index in [-0.39, 0.29) is 17.8 Å². The van der Waals surface area contributed by atoms with Crippen molar-refractivity contribution in [1.82, 2.24) is 24.8 Å². The van der Waals surface area contributed by atoms with E-state index in [0.29, 0.717) is 45.9 Å². The van der Waals surface area contributed by atoms with Gasteiger partial charge in [0.2, 0.25) is 0 Å². The molecule has 39 heavy (non-hydrogen) atoms. The lowest BCUT2D eigenvalue weighted by molar-refractivity contribution is -0.0406. The zero-order chi connectivity index (χ0) is 28.1. The third-order valence-electron chi connectivity index (χ3n) is 6.54. The topological polar surface area (TPSA) is 106 Å². The first-order valence-electron chi connectivity index (χ1n) is 12.6. The maximum absolute atomic E-state index is 14.2. The van der Waals surface area contributed by atoms with Crippen molar-refractivity contribution in [3.05, 3.63) is 91.8 Å². The van der Waals surface area contributed by atoms with Crippen LogP contribution in [0.1, 0.15) is 42.4 Å². The highest BCUT2D eigenvalue weighted by molar-refractivity contribution is 7.80. The minimum Gasteiger partial charge on any atom is -0.296 e. The Bertz CT molecular complexity index is 1590. The van der Waals surface area contributed by atoms with Crippen LogP contribution in [0.25, 0.3) is 22.5 Å². The molecule has 1 N–H and O–H groups in total. The average molecular weight is 552 g/mol. The first-order valence-corrected chi connectivity index (χ1v) is 13.0. The number of thiocarbonyl (C=S) groups is 1. The Labute approximate surface area is 230 Å². The van der Waals surface area contributed by atoms with E-state index < -0.39 is 11.6 Å². The summed E-state index contributed by atoms with van der Waals surface area (Å²) in [5, 5.41) is 5.20. The van der Waals surface area contributed by atoms with Crippen molar-refractivity contribution < 1.29 is 13.8 Å². The second-order valence-corrected chi connectivity index (χ2v) is 9.64. The van der Waals surface area contributed by atoms with Gasteiger partial charge in [-0.25, -0.2) is 14.2 Å². The molecule has 0 bridgehead atoms. The van der Waals surface area contributed by atoms with Gasteiger partial charge in [0.15, 0.2) is 5.82 Å². The van der Waals surface area contributed by atoms with E-state index in [1.807, 2.05) is 31.2 Å². The zero-order valence-electron chi connectivity index (χ0n) is 22.3. The summed E-state index contributed by atoms with van der Waals surface area (Å²) < 4.78 is 20.5. The third-order valence-corrected chi connectivity index (χ3v) is 6.94. The van der Waals surface area contributed by atoms with Gasteiger partial charge in [0, 0.05) is 36.7 Å². The van der Waals surface area contributed by atoms with Gasteiger partial charge in [0.1, 0.15) is 16.6 Å². The standard InChI is InChI=1S/C28H30FN5O4S/c1-5-6-7-24-30-17(2)22(15-25(39)33(3)37-4)27(35)34(24)16-18-8-10-19(11-9-18)23-14-20(29)12-13-21(23)26-31-28(36)38-32-26/h8-14H,5-7,15-16H2,1-4H3,(H,31,32,36). The summed E-state index contributed by atoms with van der Waals surface area (Å²) in [5.41, 5.74) is 3.72. The number of nitrogens with zero attached hydrogens (tertiary/aromatic N) is 4. The first kappa shape index (κ1) is 28.1. The van der Waals surface area contributed by atoms with Crippen molar-refractivity contribution in [2.24, 2.45) is 0 Å². The first-order chi connectivity index (χ1) is 18.7. The van der Waals surface area contributed by atoms with Crippen molar-refractivity contribution in [2.75, 3.05) is 14.2 Å². The lowest BCUT2D eigenvalue weighted by Crippen LogP contribution is -2.34. The van der Waals surface area contributed by atoms with E-state index in [2.05, 4.69) is 21.6 Å². The number of unbranched alkanes of at least 4 members (excludes halogenated alkanes) is 1. The van der Waals surface area contributed by atoms with Gasteiger partial charge in [-0.1, -0.05) is 55.0 Å². The number of aromatic nitrogens is 4. The number of nitrogens with one attached hydrogen (secondary N) is 1. The molecule has 2 aromatic carbocycles. The number of halogens is 1. The molecule has 0 amide bonds. The monoisotopic (exact) mass is 551 g/mol. The van der Waals surface area contributed by atoms with Crippen LogP contribution in [-0.2, 0) is 24.2 Å². The van der Waals surface area contributed by atoms with Gasteiger partial charge in [0.25, 0.3) is 5.56 Å². The van der Waals surface area contributed by atoms with E-state index in [4.69, 9.17) is 22.0 Å². The molecule has 9 nitrogen and oxygen atoms in total. The maximum Gasteiger partial charge on any atom is 0.439 e. The van der Waals surface area contributed by atoms with Gasteiger partial charge < -0.3 is 0 Å². The summed E-state index contributed by atoms with van der Waals surface area (Å²) in [6.45, 7) is 4.24. The highest BCUT2D eigenvalue weighted by Crippen LogP contribution is 2.31. The minimum atomic E-state index is -0.694. The minimum absolute atomic E-state index is 0.132. The second kappa shape index (κ2) is 12.3. The number of aryl methyl sites for hydroxylation is 2. The van der Waals surface area contributed by atoms with Crippen molar-refractivity contribution in [3.8, 4) is 22.5 Å². The van der Waals surface area contributed by atoms with Crippen molar-refractivity contribution >= 4 is 17.2 Å². The Morgan fingerprint density at radius 2 is 1.92 bits per heavy atom. The highest BCUT2D eigenvalue weighted by Gasteiger charge is 2.18. The number of benzene rings is 2. The number of aromatic amines is 1. The van der Waals surface area contributed by atoms with Crippen LogP contribution >= 0.6 is 12.2 Å².